The second kappa shape index (κ2) is 10.5. The fourth-order valence-corrected chi connectivity index (χ4v) is 5.84. The van der Waals surface area contributed by atoms with Gasteiger partial charge in [0.1, 0.15) is 11.5 Å². The first-order valence-corrected chi connectivity index (χ1v) is 13.3. The van der Waals surface area contributed by atoms with Crippen LogP contribution in [-0.2, 0) is 27.8 Å². The van der Waals surface area contributed by atoms with E-state index in [0.29, 0.717) is 42.4 Å². The van der Waals surface area contributed by atoms with Crippen LogP contribution in [0.4, 0.5) is 5.13 Å². The SMILES string of the molecule is CCCn1c(CCC(=O)Nc2nc(C(C)=O)cs2)nc2cc(S(=O)(=O)N(CC)CC)ccc21. The lowest BCUT2D eigenvalue weighted by Gasteiger charge is -2.18. The lowest BCUT2D eigenvalue weighted by Crippen LogP contribution is -2.30. The van der Waals surface area contributed by atoms with E-state index in [2.05, 4.69) is 22.2 Å². The first-order valence-electron chi connectivity index (χ1n) is 11.0. The van der Waals surface area contributed by atoms with Gasteiger partial charge in [0.25, 0.3) is 0 Å². The Morgan fingerprint density at radius 2 is 1.88 bits per heavy atom. The molecule has 2 heterocycles. The Bertz CT molecular complexity index is 1260. The molecule has 178 valence electrons. The number of sulfonamides is 1. The average Bonchev–Trinajstić information content (AvgIpc) is 3.38. The number of aromatic nitrogens is 3. The van der Waals surface area contributed by atoms with Gasteiger partial charge in [-0.3, -0.25) is 9.59 Å². The van der Waals surface area contributed by atoms with E-state index in [1.165, 1.54) is 22.6 Å². The minimum atomic E-state index is -3.58. The maximum absolute atomic E-state index is 12.9. The van der Waals surface area contributed by atoms with Crippen molar-refractivity contribution in [3.05, 3.63) is 35.1 Å². The number of hydrogen-bond acceptors (Lipinski definition) is 7. The molecule has 0 atom stereocenters. The highest BCUT2D eigenvalue weighted by Crippen LogP contribution is 2.24. The van der Waals surface area contributed by atoms with Gasteiger partial charge >= 0.3 is 0 Å². The average molecular weight is 492 g/mol. The summed E-state index contributed by atoms with van der Waals surface area (Å²) < 4.78 is 29.3. The van der Waals surface area contributed by atoms with Crippen molar-refractivity contribution < 1.29 is 18.0 Å². The smallest absolute Gasteiger partial charge is 0.243 e. The van der Waals surface area contributed by atoms with Crippen LogP contribution in [-0.4, -0.2) is 52.0 Å². The summed E-state index contributed by atoms with van der Waals surface area (Å²) in [6, 6.07) is 5.02. The molecule has 9 nitrogen and oxygen atoms in total. The molecule has 0 aliphatic heterocycles. The molecule has 0 bridgehead atoms. The molecule has 1 amide bonds. The van der Waals surface area contributed by atoms with Crippen LogP contribution in [0.1, 0.15) is 56.8 Å². The normalized spacial score (nSPS) is 11.9. The summed E-state index contributed by atoms with van der Waals surface area (Å²) in [5.41, 5.74) is 1.77. The number of carbonyl (C=O) groups is 2. The van der Waals surface area contributed by atoms with Crippen LogP contribution in [0.15, 0.2) is 28.5 Å². The first-order chi connectivity index (χ1) is 15.7. The molecular weight excluding hydrogens is 462 g/mol. The van der Waals surface area contributed by atoms with Crippen LogP contribution in [0.2, 0.25) is 0 Å². The Balaban J connectivity index is 1.82. The number of benzene rings is 1. The molecule has 0 fully saturated rings. The molecular formula is C22H29N5O4S2. The Morgan fingerprint density at radius 1 is 1.15 bits per heavy atom. The summed E-state index contributed by atoms with van der Waals surface area (Å²) >= 11 is 1.21. The third kappa shape index (κ3) is 5.48. The van der Waals surface area contributed by atoms with Gasteiger partial charge in [-0.05, 0) is 24.6 Å². The van der Waals surface area contributed by atoms with Gasteiger partial charge in [0, 0.05) is 44.8 Å². The molecule has 33 heavy (non-hydrogen) atoms. The standard InChI is InChI=1S/C22H29N5O4S2/c1-5-12-27-19-9-8-16(33(30,31)26(6-2)7-3)13-17(19)23-20(27)10-11-21(29)25-22-24-18(14-32-22)15(4)28/h8-9,13-14H,5-7,10-12H2,1-4H3,(H,24,25,29). The van der Waals surface area contributed by atoms with Crippen LogP contribution in [0, 0.1) is 0 Å². The molecule has 3 rings (SSSR count). The molecule has 3 aromatic rings. The number of ketones is 1. The van der Waals surface area contributed by atoms with E-state index in [1.807, 2.05) is 18.4 Å². The van der Waals surface area contributed by atoms with Gasteiger partial charge in [-0.1, -0.05) is 20.8 Å². The number of imidazole rings is 1. The third-order valence-corrected chi connectivity index (χ3v) is 8.08. The van der Waals surface area contributed by atoms with Crippen molar-refractivity contribution in [3.63, 3.8) is 0 Å². The first kappa shape index (κ1) is 25.0. The van der Waals surface area contributed by atoms with Crippen LogP contribution >= 0.6 is 11.3 Å². The number of rotatable bonds is 11. The Labute approximate surface area is 197 Å². The largest absolute Gasteiger partial charge is 0.328 e. The fourth-order valence-electron chi connectivity index (χ4n) is 3.60. The Morgan fingerprint density at radius 3 is 2.48 bits per heavy atom. The van der Waals surface area contributed by atoms with Crippen molar-refractivity contribution >= 4 is 49.2 Å². The zero-order chi connectivity index (χ0) is 24.2. The second-order valence-corrected chi connectivity index (χ2v) is 10.4. The van der Waals surface area contributed by atoms with Crippen molar-refractivity contribution in [2.75, 3.05) is 18.4 Å². The summed E-state index contributed by atoms with van der Waals surface area (Å²) in [7, 11) is -3.58. The quantitative estimate of drug-likeness (QED) is 0.409. The van der Waals surface area contributed by atoms with Gasteiger partial charge in [0.2, 0.25) is 15.9 Å². The number of fused-ring (bicyclic) bond motifs is 1. The minimum absolute atomic E-state index is 0.151. The number of carbonyl (C=O) groups excluding carboxylic acids is 2. The van der Waals surface area contributed by atoms with E-state index in [1.54, 1.807) is 23.6 Å². The van der Waals surface area contributed by atoms with E-state index < -0.39 is 10.0 Å². The van der Waals surface area contributed by atoms with Crippen LogP contribution in [0.3, 0.4) is 0 Å². The van der Waals surface area contributed by atoms with Crippen molar-refractivity contribution in [1.29, 1.82) is 0 Å². The zero-order valence-electron chi connectivity index (χ0n) is 19.3. The third-order valence-electron chi connectivity index (χ3n) is 5.28. The summed E-state index contributed by atoms with van der Waals surface area (Å²) in [4.78, 5) is 32.8. The number of nitrogens with one attached hydrogen (secondary N) is 1. The monoisotopic (exact) mass is 491 g/mol. The van der Waals surface area contributed by atoms with Crippen LogP contribution in [0.25, 0.3) is 11.0 Å². The number of Topliss-reactive ketones (excluding diaryl/α,β-unsaturated/α-hetero) is 1. The molecule has 0 unspecified atom stereocenters. The summed E-state index contributed by atoms with van der Waals surface area (Å²) in [6.45, 7) is 8.61. The minimum Gasteiger partial charge on any atom is -0.328 e. The predicted octanol–water partition coefficient (Wildman–Crippen LogP) is 3.71. The molecule has 1 N–H and O–H groups in total. The number of hydrogen-bond donors (Lipinski definition) is 1. The van der Waals surface area contributed by atoms with Crippen molar-refractivity contribution in [3.8, 4) is 0 Å². The zero-order valence-corrected chi connectivity index (χ0v) is 20.9. The highest BCUT2D eigenvalue weighted by Gasteiger charge is 2.23. The molecule has 0 aliphatic rings. The van der Waals surface area contributed by atoms with E-state index in [0.717, 1.165) is 17.8 Å². The van der Waals surface area contributed by atoms with Gasteiger partial charge in [0.15, 0.2) is 10.9 Å². The summed E-state index contributed by atoms with van der Waals surface area (Å²) in [5.74, 6) is 0.352. The Kier molecular flexibility index (Phi) is 7.98. The van der Waals surface area contributed by atoms with Gasteiger partial charge < -0.3 is 9.88 Å². The molecule has 0 aliphatic carbocycles. The van der Waals surface area contributed by atoms with E-state index in [4.69, 9.17) is 0 Å². The van der Waals surface area contributed by atoms with Crippen LogP contribution < -0.4 is 5.32 Å². The van der Waals surface area contributed by atoms with E-state index >= 15 is 0 Å². The fraction of sp³-hybridized carbons (Fsp3) is 0.455. The van der Waals surface area contributed by atoms with Gasteiger partial charge in [-0.2, -0.15) is 4.31 Å². The number of aryl methyl sites for hydroxylation is 2. The lowest BCUT2D eigenvalue weighted by atomic mass is 10.2. The molecule has 1 aromatic carbocycles. The maximum atomic E-state index is 12.9. The maximum Gasteiger partial charge on any atom is 0.243 e. The number of nitrogens with zero attached hydrogens (tertiary/aromatic N) is 4. The molecule has 0 radical (unpaired) electrons. The number of thiazole rings is 1. The lowest BCUT2D eigenvalue weighted by molar-refractivity contribution is -0.116. The van der Waals surface area contributed by atoms with Crippen molar-refractivity contribution in [1.82, 2.24) is 18.8 Å². The second-order valence-electron chi connectivity index (χ2n) is 7.56. The number of amides is 1. The van der Waals surface area contributed by atoms with E-state index in [9.17, 15) is 18.0 Å². The molecule has 0 saturated carbocycles. The van der Waals surface area contributed by atoms with Crippen molar-refractivity contribution in [2.45, 2.75) is 58.4 Å². The molecule has 2 aromatic heterocycles. The highest BCUT2D eigenvalue weighted by atomic mass is 32.2. The highest BCUT2D eigenvalue weighted by molar-refractivity contribution is 7.89. The van der Waals surface area contributed by atoms with E-state index in [-0.39, 0.29) is 23.0 Å². The van der Waals surface area contributed by atoms with Crippen LogP contribution in [0.5, 0.6) is 0 Å². The van der Waals surface area contributed by atoms with Gasteiger partial charge in [-0.15, -0.1) is 11.3 Å². The van der Waals surface area contributed by atoms with Gasteiger partial charge in [-0.25, -0.2) is 18.4 Å². The molecule has 0 spiro atoms. The summed E-state index contributed by atoms with van der Waals surface area (Å²) in [5, 5.41) is 4.72. The topological polar surface area (TPSA) is 114 Å². The number of anilines is 1. The van der Waals surface area contributed by atoms with Gasteiger partial charge in [0.05, 0.1) is 15.9 Å². The molecule has 0 saturated heterocycles. The van der Waals surface area contributed by atoms with Crippen molar-refractivity contribution in [2.24, 2.45) is 0 Å². The predicted molar refractivity (Wildman–Crippen MR) is 129 cm³/mol. The Hall–Kier alpha value is -2.63. The molecule has 11 heteroatoms. The summed E-state index contributed by atoms with van der Waals surface area (Å²) in [6.07, 6.45) is 1.45.